The molecule has 1 unspecified atom stereocenters. The van der Waals surface area contributed by atoms with Crippen LogP contribution in [0.2, 0.25) is 0 Å². The smallest absolute Gasteiger partial charge is 0.301 e. The summed E-state index contributed by atoms with van der Waals surface area (Å²) in [6.45, 7) is 4.92. The molecule has 9 heteroatoms. The van der Waals surface area contributed by atoms with Crippen molar-refractivity contribution in [1.29, 1.82) is 0 Å². The van der Waals surface area contributed by atoms with E-state index in [0.29, 0.717) is 52.2 Å². The molecule has 1 aromatic heterocycles. The summed E-state index contributed by atoms with van der Waals surface area (Å²) in [5.74, 6) is 0.0763. The van der Waals surface area contributed by atoms with E-state index >= 15 is 0 Å². The van der Waals surface area contributed by atoms with Gasteiger partial charge in [-0.3, -0.25) is 14.5 Å². The number of nitrogens with zero attached hydrogens (tertiary/aromatic N) is 2. The number of benzene rings is 3. The molecule has 1 aliphatic heterocycles. The van der Waals surface area contributed by atoms with Crippen LogP contribution in [-0.4, -0.2) is 42.1 Å². The fourth-order valence-electron chi connectivity index (χ4n) is 4.49. The minimum absolute atomic E-state index is 0.0198. The van der Waals surface area contributed by atoms with Crippen LogP contribution in [0.15, 0.2) is 72.3 Å². The Morgan fingerprint density at radius 1 is 0.974 bits per heavy atom. The Morgan fingerprint density at radius 2 is 1.74 bits per heavy atom. The van der Waals surface area contributed by atoms with Crippen molar-refractivity contribution in [2.24, 2.45) is 0 Å². The molecular formula is C30H28N2O6S. The summed E-state index contributed by atoms with van der Waals surface area (Å²) in [4.78, 5) is 33.1. The third-order valence-corrected chi connectivity index (χ3v) is 7.34. The van der Waals surface area contributed by atoms with Crippen LogP contribution in [0.25, 0.3) is 16.0 Å². The number of ketones is 1. The van der Waals surface area contributed by atoms with E-state index in [1.807, 2.05) is 32.0 Å². The molecule has 4 aromatic rings. The van der Waals surface area contributed by atoms with Gasteiger partial charge in [-0.05, 0) is 73.5 Å². The second-order valence-electron chi connectivity index (χ2n) is 8.88. The Bertz CT molecular complexity index is 1560. The summed E-state index contributed by atoms with van der Waals surface area (Å²) in [6, 6.07) is 18.5. The number of hydrogen-bond donors (Lipinski definition) is 1. The van der Waals surface area contributed by atoms with Crippen molar-refractivity contribution in [3.63, 3.8) is 0 Å². The lowest BCUT2D eigenvalue weighted by atomic mass is 9.95. The lowest BCUT2D eigenvalue weighted by Crippen LogP contribution is -2.29. The number of carbonyl (C=O) groups is 2. The fourth-order valence-corrected chi connectivity index (χ4v) is 5.51. The highest BCUT2D eigenvalue weighted by Crippen LogP contribution is 2.45. The number of anilines is 1. The molecule has 0 radical (unpaired) electrons. The Morgan fingerprint density at radius 3 is 2.46 bits per heavy atom. The summed E-state index contributed by atoms with van der Waals surface area (Å²) in [5.41, 5.74) is 1.66. The number of aromatic nitrogens is 1. The van der Waals surface area contributed by atoms with Gasteiger partial charge in [0, 0.05) is 5.56 Å². The molecular weight excluding hydrogens is 516 g/mol. The summed E-state index contributed by atoms with van der Waals surface area (Å²) in [5, 5.41) is 11.8. The summed E-state index contributed by atoms with van der Waals surface area (Å²) < 4.78 is 17.5. The number of thiazole rings is 1. The van der Waals surface area contributed by atoms with E-state index in [-0.39, 0.29) is 11.3 Å². The van der Waals surface area contributed by atoms with E-state index in [0.717, 1.165) is 11.1 Å². The molecule has 0 spiro atoms. The average Bonchev–Trinajstić information content (AvgIpc) is 3.49. The van der Waals surface area contributed by atoms with Gasteiger partial charge < -0.3 is 19.3 Å². The molecule has 5 rings (SSSR count). The largest absolute Gasteiger partial charge is 0.507 e. The summed E-state index contributed by atoms with van der Waals surface area (Å²) in [6.07, 6.45) is 0.829. The Hall–Kier alpha value is -4.37. The van der Waals surface area contributed by atoms with E-state index in [1.165, 1.54) is 16.2 Å². The number of Topliss-reactive ketones (excluding diaryl/α,β-unsaturated/α-hetero) is 1. The van der Waals surface area contributed by atoms with Crippen LogP contribution in [0.4, 0.5) is 5.13 Å². The van der Waals surface area contributed by atoms with Gasteiger partial charge in [-0.15, -0.1) is 0 Å². The number of hydrogen-bond acceptors (Lipinski definition) is 8. The van der Waals surface area contributed by atoms with Crippen LogP contribution in [0.3, 0.4) is 0 Å². The molecule has 0 saturated carbocycles. The van der Waals surface area contributed by atoms with E-state index in [4.69, 9.17) is 14.2 Å². The lowest BCUT2D eigenvalue weighted by Gasteiger charge is -2.23. The molecule has 8 nitrogen and oxygen atoms in total. The van der Waals surface area contributed by atoms with Crippen molar-refractivity contribution in [3.05, 3.63) is 83.4 Å². The minimum Gasteiger partial charge on any atom is -0.507 e. The molecule has 0 bridgehead atoms. The van der Waals surface area contributed by atoms with E-state index in [9.17, 15) is 14.7 Å². The van der Waals surface area contributed by atoms with Gasteiger partial charge in [-0.1, -0.05) is 30.4 Å². The van der Waals surface area contributed by atoms with Crippen LogP contribution in [0.1, 0.15) is 37.4 Å². The minimum atomic E-state index is -0.913. The van der Waals surface area contributed by atoms with Gasteiger partial charge >= 0.3 is 5.91 Å². The number of aliphatic hydroxyl groups is 1. The van der Waals surface area contributed by atoms with Crippen molar-refractivity contribution in [2.75, 3.05) is 25.2 Å². The van der Waals surface area contributed by atoms with Crippen molar-refractivity contribution in [1.82, 2.24) is 4.98 Å². The maximum atomic E-state index is 13.6. The fraction of sp³-hybridized carbons (Fsp3) is 0.233. The van der Waals surface area contributed by atoms with Gasteiger partial charge in [-0.2, -0.15) is 0 Å². The van der Waals surface area contributed by atoms with Crippen LogP contribution in [-0.2, 0) is 9.59 Å². The van der Waals surface area contributed by atoms with E-state index < -0.39 is 17.7 Å². The second-order valence-corrected chi connectivity index (χ2v) is 9.89. The highest BCUT2D eigenvalue weighted by molar-refractivity contribution is 7.22. The summed E-state index contributed by atoms with van der Waals surface area (Å²) in [7, 11) is 1.58. The van der Waals surface area contributed by atoms with E-state index in [1.54, 1.807) is 55.6 Å². The Labute approximate surface area is 230 Å². The van der Waals surface area contributed by atoms with Gasteiger partial charge in [-0.25, -0.2) is 4.98 Å². The predicted molar refractivity (Wildman–Crippen MR) is 151 cm³/mol. The number of amides is 1. The molecule has 1 atom stereocenters. The Balaban J connectivity index is 1.67. The lowest BCUT2D eigenvalue weighted by molar-refractivity contribution is -0.132. The topological polar surface area (TPSA) is 98.2 Å². The number of aliphatic hydroxyl groups excluding tert-OH is 1. The zero-order chi connectivity index (χ0) is 27.5. The maximum Gasteiger partial charge on any atom is 0.301 e. The normalized spacial score (nSPS) is 16.6. The zero-order valence-corrected chi connectivity index (χ0v) is 22.7. The van der Waals surface area contributed by atoms with Crippen LogP contribution in [0.5, 0.6) is 17.2 Å². The standard InChI is InChI=1S/C30H28N2O6S/c1-4-15-38-22-8-6-7-19(16-22)26-25(27(33)18-9-11-20(12-10-18)37-5-2)28(34)29(35)32(26)30-31-23-14-13-21(36-3)17-24(23)39-30/h6-14,16-17,26,33H,4-5,15H2,1-3H3/b27-25+. The first-order valence-corrected chi connectivity index (χ1v) is 13.5. The quantitative estimate of drug-likeness (QED) is 0.154. The molecule has 1 aliphatic rings. The molecule has 3 aromatic carbocycles. The molecule has 200 valence electrons. The predicted octanol–water partition coefficient (Wildman–Crippen LogP) is 6.12. The number of carbonyl (C=O) groups excluding carboxylic acids is 2. The van der Waals surface area contributed by atoms with Crippen molar-refractivity contribution >= 4 is 44.1 Å². The van der Waals surface area contributed by atoms with Crippen LogP contribution < -0.4 is 19.1 Å². The van der Waals surface area contributed by atoms with Gasteiger partial charge in [0.05, 0.1) is 42.2 Å². The SMILES string of the molecule is CCCOc1cccc(C2/C(=C(\O)c3ccc(OCC)cc3)C(=O)C(=O)N2c2nc3ccc(OC)cc3s2)c1. The third-order valence-electron chi connectivity index (χ3n) is 6.32. The second kappa shape index (κ2) is 11.2. The van der Waals surface area contributed by atoms with Crippen molar-refractivity contribution in [3.8, 4) is 17.2 Å². The molecule has 1 fully saturated rings. The molecule has 1 saturated heterocycles. The summed E-state index contributed by atoms with van der Waals surface area (Å²) >= 11 is 1.27. The van der Waals surface area contributed by atoms with Crippen molar-refractivity contribution < 1.29 is 28.9 Å². The average molecular weight is 545 g/mol. The third kappa shape index (κ3) is 5.05. The number of ether oxygens (including phenoxy) is 3. The van der Waals surface area contributed by atoms with Gasteiger partial charge in [0.1, 0.15) is 23.0 Å². The molecule has 2 heterocycles. The first-order chi connectivity index (χ1) is 18.9. The Kier molecular flexibility index (Phi) is 7.51. The van der Waals surface area contributed by atoms with Gasteiger partial charge in [0.15, 0.2) is 5.13 Å². The molecule has 1 N–H and O–H groups in total. The molecule has 1 amide bonds. The monoisotopic (exact) mass is 544 g/mol. The highest BCUT2D eigenvalue weighted by atomic mass is 32.1. The first kappa shape index (κ1) is 26.2. The number of methoxy groups -OCH3 is 1. The number of rotatable bonds is 9. The zero-order valence-electron chi connectivity index (χ0n) is 21.8. The number of fused-ring (bicyclic) bond motifs is 1. The first-order valence-electron chi connectivity index (χ1n) is 12.7. The maximum absolute atomic E-state index is 13.6. The highest BCUT2D eigenvalue weighted by Gasteiger charge is 2.48. The van der Waals surface area contributed by atoms with Crippen molar-refractivity contribution in [2.45, 2.75) is 26.3 Å². The van der Waals surface area contributed by atoms with Gasteiger partial charge in [0.25, 0.3) is 5.78 Å². The van der Waals surface area contributed by atoms with Gasteiger partial charge in [0.2, 0.25) is 0 Å². The van der Waals surface area contributed by atoms with Crippen LogP contribution in [0, 0.1) is 0 Å². The van der Waals surface area contributed by atoms with Crippen LogP contribution >= 0.6 is 11.3 Å². The molecule has 39 heavy (non-hydrogen) atoms. The molecule has 0 aliphatic carbocycles. The van der Waals surface area contributed by atoms with E-state index in [2.05, 4.69) is 4.98 Å².